The molecule has 1 N–H and O–H groups in total. The summed E-state index contributed by atoms with van der Waals surface area (Å²) in [5, 5.41) is 13.4. The Hall–Kier alpha value is -2.04. The molecule has 5 heteroatoms. The summed E-state index contributed by atoms with van der Waals surface area (Å²) in [5.74, 6) is -1.19. The molecule has 0 aliphatic heterocycles. The number of carbonyl (C=O) groups is 2. The maximum Gasteiger partial charge on any atom is 0.407 e. The van der Waals surface area contributed by atoms with Crippen molar-refractivity contribution in [3.8, 4) is 0 Å². The second-order valence-electron chi connectivity index (χ2n) is 5.94. The molecule has 0 heterocycles. The van der Waals surface area contributed by atoms with E-state index in [2.05, 4.69) is 5.32 Å². The first-order valence-electron chi connectivity index (χ1n) is 6.99. The summed E-state index contributed by atoms with van der Waals surface area (Å²) in [5.41, 5.74) is 0.474. The van der Waals surface area contributed by atoms with Gasteiger partial charge in [-0.3, -0.25) is 0 Å². The van der Waals surface area contributed by atoms with Crippen LogP contribution in [0.3, 0.4) is 0 Å². The molecule has 0 spiro atoms. The smallest absolute Gasteiger partial charge is 0.407 e. The van der Waals surface area contributed by atoms with Crippen molar-refractivity contribution in [3.05, 3.63) is 35.9 Å². The summed E-state index contributed by atoms with van der Waals surface area (Å²) in [6.45, 7) is 5.26. The van der Waals surface area contributed by atoms with E-state index in [1.54, 1.807) is 20.8 Å². The molecule has 0 aromatic heterocycles. The van der Waals surface area contributed by atoms with Gasteiger partial charge in [-0.2, -0.15) is 0 Å². The number of ether oxygens (including phenoxy) is 1. The highest BCUT2D eigenvalue weighted by atomic mass is 16.6. The molecule has 1 aromatic rings. The van der Waals surface area contributed by atoms with Gasteiger partial charge < -0.3 is 20.0 Å². The fourth-order valence-corrected chi connectivity index (χ4v) is 1.89. The van der Waals surface area contributed by atoms with Gasteiger partial charge in [-0.15, -0.1) is 0 Å². The zero-order chi connectivity index (χ0) is 15.9. The van der Waals surface area contributed by atoms with Crippen molar-refractivity contribution in [2.45, 2.75) is 51.7 Å². The van der Waals surface area contributed by atoms with Crippen LogP contribution in [-0.2, 0) is 16.0 Å². The van der Waals surface area contributed by atoms with E-state index in [0.717, 1.165) is 5.56 Å². The number of hydrogen-bond acceptors (Lipinski definition) is 4. The van der Waals surface area contributed by atoms with Gasteiger partial charge in [0.05, 0.1) is 0 Å². The highest BCUT2D eigenvalue weighted by Gasteiger charge is 2.19. The molecule has 0 aliphatic rings. The maximum absolute atomic E-state index is 11.7. The van der Waals surface area contributed by atoms with E-state index in [1.807, 2.05) is 30.3 Å². The Morgan fingerprint density at radius 3 is 2.38 bits per heavy atom. The van der Waals surface area contributed by atoms with Gasteiger partial charge in [0.15, 0.2) is 0 Å². The van der Waals surface area contributed by atoms with Crippen LogP contribution < -0.4 is 10.4 Å². The number of aliphatic carboxylic acids is 1. The minimum atomic E-state index is -1.19. The maximum atomic E-state index is 11.7. The largest absolute Gasteiger partial charge is 0.550 e. The van der Waals surface area contributed by atoms with Crippen molar-refractivity contribution >= 4 is 12.1 Å². The molecule has 0 fully saturated rings. The van der Waals surface area contributed by atoms with Gasteiger partial charge in [0.2, 0.25) is 0 Å². The minimum Gasteiger partial charge on any atom is -0.550 e. The molecule has 0 radical (unpaired) electrons. The first-order valence-corrected chi connectivity index (χ1v) is 6.99. The minimum absolute atomic E-state index is 0.230. The van der Waals surface area contributed by atoms with Crippen LogP contribution in [0.2, 0.25) is 0 Å². The molecular formula is C16H22NO4-. The highest BCUT2D eigenvalue weighted by molar-refractivity contribution is 5.70. The third-order valence-corrected chi connectivity index (χ3v) is 2.76. The lowest BCUT2D eigenvalue weighted by Gasteiger charge is -2.24. The Kier molecular flexibility index (Phi) is 6.21. The van der Waals surface area contributed by atoms with Crippen LogP contribution in [0.5, 0.6) is 0 Å². The van der Waals surface area contributed by atoms with Gasteiger partial charge in [0.25, 0.3) is 0 Å². The first kappa shape index (κ1) is 17.0. The number of rotatable bonds is 6. The average Bonchev–Trinajstić information content (AvgIpc) is 2.34. The molecule has 0 saturated heterocycles. The zero-order valence-electron chi connectivity index (χ0n) is 12.7. The van der Waals surface area contributed by atoms with Crippen LogP contribution in [0.4, 0.5) is 4.79 Å². The summed E-state index contributed by atoms with van der Waals surface area (Å²) in [4.78, 5) is 22.5. The average molecular weight is 292 g/mol. The van der Waals surface area contributed by atoms with Gasteiger partial charge in [0.1, 0.15) is 5.60 Å². The number of benzene rings is 1. The Bertz CT molecular complexity index is 465. The molecule has 5 nitrogen and oxygen atoms in total. The summed E-state index contributed by atoms with van der Waals surface area (Å²) >= 11 is 0. The van der Waals surface area contributed by atoms with Crippen molar-refractivity contribution in [1.29, 1.82) is 0 Å². The van der Waals surface area contributed by atoms with E-state index < -0.39 is 23.7 Å². The molecule has 0 saturated carbocycles. The molecule has 0 unspecified atom stereocenters. The number of aryl methyl sites for hydroxylation is 1. The van der Waals surface area contributed by atoms with Crippen LogP contribution in [0, 0.1) is 0 Å². The quantitative estimate of drug-likeness (QED) is 0.864. The summed E-state index contributed by atoms with van der Waals surface area (Å²) in [6.07, 6.45) is 0.347. The molecule has 1 aromatic carbocycles. The van der Waals surface area contributed by atoms with Gasteiger partial charge in [-0.1, -0.05) is 30.3 Å². The van der Waals surface area contributed by atoms with E-state index in [0.29, 0.717) is 12.8 Å². The third kappa shape index (κ3) is 7.97. The van der Waals surface area contributed by atoms with Gasteiger partial charge in [0, 0.05) is 18.4 Å². The topological polar surface area (TPSA) is 78.5 Å². The second-order valence-corrected chi connectivity index (χ2v) is 5.94. The molecule has 21 heavy (non-hydrogen) atoms. The summed E-state index contributed by atoms with van der Waals surface area (Å²) in [6, 6.07) is 9.17. The van der Waals surface area contributed by atoms with Gasteiger partial charge in [-0.05, 0) is 39.2 Å². The van der Waals surface area contributed by atoms with Crippen molar-refractivity contribution < 1.29 is 19.4 Å². The number of carboxylic acid groups (broad SMARTS) is 1. The number of carbonyl (C=O) groups excluding carboxylic acids is 2. The second kappa shape index (κ2) is 7.67. The van der Waals surface area contributed by atoms with Gasteiger partial charge >= 0.3 is 6.09 Å². The van der Waals surface area contributed by atoms with Crippen molar-refractivity contribution in [2.24, 2.45) is 0 Å². The number of amides is 1. The molecule has 1 amide bonds. The monoisotopic (exact) mass is 292 g/mol. The fourth-order valence-electron chi connectivity index (χ4n) is 1.89. The lowest BCUT2D eigenvalue weighted by molar-refractivity contribution is -0.306. The third-order valence-electron chi connectivity index (χ3n) is 2.76. The zero-order valence-corrected chi connectivity index (χ0v) is 12.7. The lowest BCUT2D eigenvalue weighted by atomic mass is 10.0. The number of alkyl carbamates (subject to hydrolysis) is 1. The van der Waals surface area contributed by atoms with Crippen molar-refractivity contribution in [2.75, 3.05) is 0 Å². The SMILES string of the molecule is CC(C)(C)OC(=O)N[C@H](CCc1ccccc1)CC(=O)[O-]. The van der Waals surface area contributed by atoms with E-state index >= 15 is 0 Å². The number of nitrogens with one attached hydrogen (secondary N) is 1. The summed E-state index contributed by atoms with van der Waals surface area (Å²) < 4.78 is 5.14. The lowest BCUT2D eigenvalue weighted by Crippen LogP contribution is -2.42. The van der Waals surface area contributed by atoms with E-state index in [-0.39, 0.29) is 6.42 Å². The molecule has 1 rings (SSSR count). The molecule has 1 atom stereocenters. The van der Waals surface area contributed by atoms with Gasteiger partial charge in [-0.25, -0.2) is 4.79 Å². The Labute approximate surface area is 125 Å². The Morgan fingerprint density at radius 1 is 1.24 bits per heavy atom. The molecule has 0 aliphatic carbocycles. The van der Waals surface area contributed by atoms with Crippen molar-refractivity contribution in [1.82, 2.24) is 5.32 Å². The molecule has 0 bridgehead atoms. The predicted molar refractivity (Wildman–Crippen MR) is 77.5 cm³/mol. The van der Waals surface area contributed by atoms with Crippen molar-refractivity contribution in [3.63, 3.8) is 0 Å². The highest BCUT2D eigenvalue weighted by Crippen LogP contribution is 2.10. The summed E-state index contributed by atoms with van der Waals surface area (Å²) in [7, 11) is 0. The van der Waals surface area contributed by atoms with Crippen LogP contribution >= 0.6 is 0 Å². The van der Waals surface area contributed by atoms with E-state index in [1.165, 1.54) is 0 Å². The fraction of sp³-hybridized carbons (Fsp3) is 0.500. The molecule has 116 valence electrons. The first-order chi connectivity index (χ1) is 9.76. The van der Waals surface area contributed by atoms with Crippen LogP contribution in [0.25, 0.3) is 0 Å². The number of hydrogen-bond donors (Lipinski definition) is 1. The molecular weight excluding hydrogens is 270 g/mol. The number of carboxylic acids is 1. The Morgan fingerprint density at radius 2 is 1.86 bits per heavy atom. The van der Waals surface area contributed by atoms with E-state index in [9.17, 15) is 14.7 Å². The standard InChI is InChI=1S/C16H23NO4/c1-16(2,3)21-15(20)17-13(11-14(18)19)10-9-12-7-5-4-6-8-12/h4-8,13H,9-11H2,1-3H3,(H,17,20)(H,18,19)/p-1/t13-/m1/s1. The van der Waals surface area contributed by atoms with E-state index in [4.69, 9.17) is 4.74 Å². The normalized spacial score (nSPS) is 12.5. The van der Waals surface area contributed by atoms with Crippen LogP contribution in [-0.4, -0.2) is 23.7 Å². The predicted octanol–water partition coefficient (Wildman–Crippen LogP) is 1.65. The van der Waals surface area contributed by atoms with Crippen LogP contribution in [0.15, 0.2) is 30.3 Å². The Balaban J connectivity index is 2.55. The van der Waals surface area contributed by atoms with Crippen LogP contribution in [0.1, 0.15) is 39.2 Å².